The number of benzene rings is 1. The van der Waals surface area contributed by atoms with Crippen LogP contribution in [0.3, 0.4) is 0 Å². The molecule has 1 amide bonds. The summed E-state index contributed by atoms with van der Waals surface area (Å²) in [5, 5.41) is 0. The van der Waals surface area contributed by atoms with E-state index in [1.54, 1.807) is 6.92 Å². The van der Waals surface area contributed by atoms with Crippen molar-refractivity contribution in [2.75, 3.05) is 14.2 Å². The second kappa shape index (κ2) is 4.03. The van der Waals surface area contributed by atoms with Gasteiger partial charge in [0.2, 0.25) is 0 Å². The Morgan fingerprint density at radius 3 is 2.39 bits per heavy atom. The lowest BCUT2D eigenvalue weighted by Gasteiger charge is -2.11. The first-order valence-corrected chi connectivity index (χ1v) is 6.65. The highest BCUT2D eigenvalue weighted by Crippen LogP contribution is 2.43. The number of carbonyl (C=O) groups is 1. The Morgan fingerprint density at radius 2 is 1.89 bits per heavy atom. The third kappa shape index (κ3) is 1.47. The molecule has 0 radical (unpaired) electrons. The number of amides is 1. The van der Waals surface area contributed by atoms with Gasteiger partial charge in [-0.1, -0.05) is 0 Å². The number of ether oxygens (including phenoxy) is 2. The average molecular weight is 292 g/mol. The Labute approximate surface area is 109 Å². The minimum Gasteiger partial charge on any atom is -0.496 e. The summed E-state index contributed by atoms with van der Waals surface area (Å²) in [6.45, 7) is 1.66. The first kappa shape index (κ1) is 13.0. The first-order valence-electron chi connectivity index (χ1n) is 4.87. The summed E-state index contributed by atoms with van der Waals surface area (Å²) in [7, 11) is -1.28. The summed E-state index contributed by atoms with van der Waals surface area (Å²) in [6.07, 6.45) is 0. The molecule has 98 valence electrons. The molecular weight excluding hydrogens is 282 g/mol. The Kier molecular flexibility index (Phi) is 2.90. The van der Waals surface area contributed by atoms with Gasteiger partial charge in [-0.15, -0.1) is 3.82 Å². The largest absolute Gasteiger partial charge is 0.496 e. The maximum atomic E-state index is 11.9. The fourth-order valence-corrected chi connectivity index (χ4v) is 3.35. The second-order valence-corrected chi connectivity index (χ2v) is 5.93. The molecule has 0 unspecified atom stereocenters. The van der Waals surface area contributed by atoms with Crippen LogP contribution in [0, 0.1) is 6.92 Å². The van der Waals surface area contributed by atoms with E-state index in [4.69, 9.17) is 21.3 Å². The molecule has 0 atom stereocenters. The van der Waals surface area contributed by atoms with Crippen LogP contribution in [-0.2, 0) is 10.0 Å². The molecule has 1 aliphatic heterocycles. The van der Waals surface area contributed by atoms with Gasteiger partial charge >= 0.3 is 0 Å². The van der Waals surface area contributed by atoms with Gasteiger partial charge in [-0.05, 0) is 6.92 Å². The molecular formula is C10H10ClNO5S. The molecule has 0 spiro atoms. The van der Waals surface area contributed by atoms with Crippen LogP contribution in [0.15, 0.2) is 11.0 Å². The van der Waals surface area contributed by atoms with Crippen molar-refractivity contribution in [1.82, 2.24) is 3.82 Å². The van der Waals surface area contributed by atoms with Crippen LogP contribution >= 0.6 is 11.8 Å². The zero-order valence-corrected chi connectivity index (χ0v) is 11.4. The van der Waals surface area contributed by atoms with Crippen molar-refractivity contribution in [3.05, 3.63) is 17.2 Å². The third-order valence-corrected chi connectivity index (χ3v) is 4.90. The number of carbonyl (C=O) groups excluding carboxylic acids is 1. The fraction of sp³-hybridized carbons (Fsp3) is 0.300. The van der Waals surface area contributed by atoms with Crippen LogP contribution in [0.5, 0.6) is 11.5 Å². The molecule has 0 saturated heterocycles. The van der Waals surface area contributed by atoms with Crippen molar-refractivity contribution >= 4 is 27.7 Å². The number of methoxy groups -OCH3 is 2. The van der Waals surface area contributed by atoms with Crippen molar-refractivity contribution in [2.45, 2.75) is 11.8 Å². The molecule has 1 heterocycles. The first-order chi connectivity index (χ1) is 8.36. The molecule has 8 heteroatoms. The monoisotopic (exact) mass is 291 g/mol. The lowest BCUT2D eigenvalue weighted by Crippen LogP contribution is -2.19. The van der Waals surface area contributed by atoms with Crippen LogP contribution in [0.4, 0.5) is 0 Å². The predicted octanol–water partition coefficient (Wildman–Crippen LogP) is 1.31. The molecule has 1 aliphatic rings. The van der Waals surface area contributed by atoms with Gasteiger partial charge in [-0.2, -0.15) is 8.42 Å². The predicted molar refractivity (Wildman–Crippen MR) is 63.5 cm³/mol. The number of sulfonamides is 1. The SMILES string of the molecule is COc1cc2c(c(OC)c1C)C(=O)N(Cl)S2(=O)=O. The highest BCUT2D eigenvalue weighted by atomic mass is 35.5. The molecule has 1 aromatic carbocycles. The number of hydrogen-bond acceptors (Lipinski definition) is 5. The number of rotatable bonds is 2. The lowest BCUT2D eigenvalue weighted by molar-refractivity contribution is 0.0926. The smallest absolute Gasteiger partial charge is 0.287 e. The summed E-state index contributed by atoms with van der Waals surface area (Å²) in [5.41, 5.74) is 0.472. The maximum absolute atomic E-state index is 11.9. The van der Waals surface area contributed by atoms with E-state index in [0.717, 1.165) is 0 Å². The van der Waals surface area contributed by atoms with Gasteiger partial charge in [-0.3, -0.25) is 4.79 Å². The van der Waals surface area contributed by atoms with E-state index in [0.29, 0.717) is 11.3 Å². The van der Waals surface area contributed by atoms with Crippen molar-refractivity contribution in [3.63, 3.8) is 0 Å². The van der Waals surface area contributed by atoms with E-state index in [1.165, 1.54) is 20.3 Å². The van der Waals surface area contributed by atoms with Crippen LogP contribution in [0.1, 0.15) is 15.9 Å². The quantitative estimate of drug-likeness (QED) is 0.768. The molecule has 0 aliphatic carbocycles. The number of halogens is 1. The van der Waals surface area contributed by atoms with Gasteiger partial charge in [0.25, 0.3) is 15.9 Å². The van der Waals surface area contributed by atoms with E-state index >= 15 is 0 Å². The van der Waals surface area contributed by atoms with E-state index in [9.17, 15) is 13.2 Å². The average Bonchev–Trinajstić information content (AvgIpc) is 2.50. The molecule has 0 fully saturated rings. The second-order valence-electron chi connectivity index (χ2n) is 3.64. The number of fused-ring (bicyclic) bond motifs is 1. The van der Waals surface area contributed by atoms with Crippen molar-refractivity contribution in [2.24, 2.45) is 0 Å². The highest BCUT2D eigenvalue weighted by Gasteiger charge is 2.44. The van der Waals surface area contributed by atoms with Crippen LogP contribution < -0.4 is 9.47 Å². The summed E-state index contributed by atoms with van der Waals surface area (Å²) >= 11 is 5.50. The summed E-state index contributed by atoms with van der Waals surface area (Å²) < 4.78 is 34.1. The molecule has 0 bridgehead atoms. The zero-order chi connectivity index (χ0) is 13.7. The molecule has 6 nitrogen and oxygen atoms in total. The van der Waals surface area contributed by atoms with Gasteiger partial charge in [0.05, 0.1) is 14.2 Å². The van der Waals surface area contributed by atoms with Crippen molar-refractivity contribution in [1.29, 1.82) is 0 Å². The minimum atomic E-state index is -4.03. The van der Waals surface area contributed by atoms with E-state index < -0.39 is 15.9 Å². The van der Waals surface area contributed by atoms with Gasteiger partial charge < -0.3 is 9.47 Å². The van der Waals surface area contributed by atoms with Gasteiger partial charge in [0, 0.05) is 23.4 Å². The number of nitrogens with zero attached hydrogens (tertiary/aromatic N) is 1. The standard InChI is InChI=1S/C10H10ClNO5S/c1-5-6(16-2)4-7-8(9(5)17-3)10(13)12(11)18(7,14)15/h4H,1-3H3. The topological polar surface area (TPSA) is 72.9 Å². The molecule has 0 N–H and O–H groups in total. The van der Waals surface area contributed by atoms with Crippen LogP contribution in [0.2, 0.25) is 0 Å². The Bertz CT molecular complexity index is 640. The summed E-state index contributed by atoms with van der Waals surface area (Å²) in [5.74, 6) is -0.357. The molecule has 18 heavy (non-hydrogen) atoms. The van der Waals surface area contributed by atoms with Gasteiger partial charge in [0.1, 0.15) is 22.0 Å². The lowest BCUT2D eigenvalue weighted by atomic mass is 10.1. The van der Waals surface area contributed by atoms with E-state index in [2.05, 4.69) is 0 Å². The van der Waals surface area contributed by atoms with Crippen molar-refractivity contribution in [3.8, 4) is 11.5 Å². The zero-order valence-electron chi connectivity index (χ0n) is 9.85. The highest BCUT2D eigenvalue weighted by molar-refractivity contribution is 7.91. The van der Waals surface area contributed by atoms with Crippen LogP contribution in [-0.4, -0.2) is 32.4 Å². The summed E-state index contributed by atoms with van der Waals surface area (Å²) in [6, 6.07) is 1.27. The Morgan fingerprint density at radius 1 is 1.28 bits per heavy atom. The van der Waals surface area contributed by atoms with Gasteiger partial charge in [0.15, 0.2) is 0 Å². The fourth-order valence-electron chi connectivity index (χ4n) is 1.87. The summed E-state index contributed by atoms with van der Waals surface area (Å²) in [4.78, 5) is 11.6. The Hall–Kier alpha value is -1.47. The Balaban J connectivity index is 2.91. The van der Waals surface area contributed by atoms with E-state index in [-0.39, 0.29) is 20.0 Å². The van der Waals surface area contributed by atoms with Crippen molar-refractivity contribution < 1.29 is 22.7 Å². The molecule has 1 aromatic rings. The van der Waals surface area contributed by atoms with Crippen LogP contribution in [0.25, 0.3) is 0 Å². The van der Waals surface area contributed by atoms with E-state index in [1.807, 2.05) is 0 Å². The number of hydrogen-bond donors (Lipinski definition) is 0. The maximum Gasteiger partial charge on any atom is 0.287 e. The molecule has 2 rings (SSSR count). The van der Waals surface area contributed by atoms with Gasteiger partial charge in [-0.25, -0.2) is 0 Å². The third-order valence-electron chi connectivity index (χ3n) is 2.73. The molecule has 0 aromatic heterocycles. The normalized spacial score (nSPS) is 16.7. The minimum absolute atomic E-state index is 0.0641. The molecule has 0 saturated carbocycles.